The number of piperidine rings is 2. The maximum absolute atomic E-state index is 12.9. The van der Waals surface area contributed by atoms with Crippen LogP contribution in [0.4, 0.5) is 5.95 Å². The number of carbonyl (C=O) groups is 1. The van der Waals surface area contributed by atoms with Gasteiger partial charge in [0.05, 0.1) is 0 Å². The summed E-state index contributed by atoms with van der Waals surface area (Å²) >= 11 is 0. The van der Waals surface area contributed by atoms with Crippen LogP contribution in [0.25, 0.3) is 0 Å². The molecule has 0 radical (unpaired) electrons. The molecule has 2 unspecified atom stereocenters. The molecular formula is C18H28N4O. The number of aryl methyl sites for hydroxylation is 1. The molecule has 0 spiro atoms. The minimum Gasteiger partial charge on any atom is -0.341 e. The molecule has 126 valence electrons. The van der Waals surface area contributed by atoms with Crippen molar-refractivity contribution >= 4 is 11.9 Å². The third kappa shape index (κ3) is 3.82. The highest BCUT2D eigenvalue weighted by Crippen LogP contribution is 2.23. The molecule has 1 aromatic heterocycles. The summed E-state index contributed by atoms with van der Waals surface area (Å²) in [5.41, 5.74) is 1.43. The van der Waals surface area contributed by atoms with Crippen molar-refractivity contribution in [2.24, 2.45) is 11.8 Å². The van der Waals surface area contributed by atoms with E-state index in [1.54, 1.807) is 0 Å². The van der Waals surface area contributed by atoms with Gasteiger partial charge in [-0.1, -0.05) is 13.8 Å². The minimum absolute atomic E-state index is 0.0622. The van der Waals surface area contributed by atoms with Gasteiger partial charge in [0.25, 0.3) is 5.91 Å². The van der Waals surface area contributed by atoms with Crippen LogP contribution < -0.4 is 4.90 Å². The van der Waals surface area contributed by atoms with Crippen molar-refractivity contribution in [2.75, 3.05) is 31.1 Å². The van der Waals surface area contributed by atoms with Crippen LogP contribution in [0.3, 0.4) is 0 Å². The standard InChI is InChI=1S/C18H28N4O/c1-13-9-14(2)12-22(11-13)17(23)16-10-15(3)19-18(20-16)21-7-5-4-6-8-21/h10,13-14H,4-9,11-12H2,1-3H3. The van der Waals surface area contributed by atoms with Crippen LogP contribution in [0.5, 0.6) is 0 Å². The molecule has 0 aromatic carbocycles. The zero-order valence-corrected chi connectivity index (χ0v) is 14.6. The summed E-state index contributed by atoms with van der Waals surface area (Å²) in [6.45, 7) is 10.1. The Kier molecular flexibility index (Phi) is 4.83. The second-order valence-corrected chi connectivity index (χ2v) is 7.40. The Bertz CT molecular complexity index is 558. The van der Waals surface area contributed by atoms with Crippen LogP contribution in [0.1, 0.15) is 55.7 Å². The van der Waals surface area contributed by atoms with Crippen molar-refractivity contribution in [2.45, 2.75) is 46.5 Å². The van der Waals surface area contributed by atoms with E-state index in [1.165, 1.54) is 25.7 Å². The van der Waals surface area contributed by atoms with E-state index in [9.17, 15) is 4.79 Å². The van der Waals surface area contributed by atoms with Crippen molar-refractivity contribution in [1.82, 2.24) is 14.9 Å². The lowest BCUT2D eigenvalue weighted by molar-refractivity contribution is 0.0617. The number of carbonyl (C=O) groups excluding carboxylic acids is 1. The summed E-state index contributed by atoms with van der Waals surface area (Å²) in [6, 6.07) is 1.83. The summed E-state index contributed by atoms with van der Waals surface area (Å²) in [4.78, 5) is 26.3. The third-order valence-electron chi connectivity index (χ3n) is 4.86. The Labute approximate surface area is 139 Å². The summed E-state index contributed by atoms with van der Waals surface area (Å²) in [5, 5.41) is 0. The van der Waals surface area contributed by atoms with Crippen LogP contribution in [0, 0.1) is 18.8 Å². The van der Waals surface area contributed by atoms with E-state index >= 15 is 0 Å². The van der Waals surface area contributed by atoms with Crippen molar-refractivity contribution in [1.29, 1.82) is 0 Å². The van der Waals surface area contributed by atoms with Gasteiger partial charge in [0, 0.05) is 31.9 Å². The average Bonchev–Trinajstić information content (AvgIpc) is 2.53. The van der Waals surface area contributed by atoms with Gasteiger partial charge >= 0.3 is 0 Å². The first kappa shape index (κ1) is 16.2. The van der Waals surface area contributed by atoms with Gasteiger partial charge in [0.15, 0.2) is 0 Å². The highest BCUT2D eigenvalue weighted by Gasteiger charge is 2.27. The molecule has 2 saturated heterocycles. The van der Waals surface area contributed by atoms with Gasteiger partial charge in [0.2, 0.25) is 5.95 Å². The number of likely N-dealkylation sites (tertiary alicyclic amines) is 1. The molecule has 23 heavy (non-hydrogen) atoms. The fourth-order valence-electron chi connectivity index (χ4n) is 3.89. The number of amides is 1. The normalized spacial score (nSPS) is 25.5. The Morgan fingerprint density at radius 1 is 1.09 bits per heavy atom. The quantitative estimate of drug-likeness (QED) is 0.842. The number of nitrogens with zero attached hydrogens (tertiary/aromatic N) is 4. The maximum Gasteiger partial charge on any atom is 0.272 e. The summed E-state index contributed by atoms with van der Waals surface area (Å²) in [5.74, 6) is 1.91. The van der Waals surface area contributed by atoms with Gasteiger partial charge in [-0.3, -0.25) is 4.79 Å². The van der Waals surface area contributed by atoms with Gasteiger partial charge in [-0.2, -0.15) is 0 Å². The molecule has 0 saturated carbocycles. The van der Waals surface area contributed by atoms with Crippen LogP contribution in [-0.4, -0.2) is 47.0 Å². The number of aromatic nitrogens is 2. The Balaban J connectivity index is 1.81. The van der Waals surface area contributed by atoms with Crippen molar-refractivity contribution < 1.29 is 4.79 Å². The second-order valence-electron chi connectivity index (χ2n) is 7.40. The molecule has 3 rings (SSSR count). The highest BCUT2D eigenvalue weighted by molar-refractivity contribution is 5.92. The van der Waals surface area contributed by atoms with E-state index in [0.29, 0.717) is 17.5 Å². The number of hydrogen-bond donors (Lipinski definition) is 0. The van der Waals surface area contributed by atoms with Gasteiger partial charge in [-0.25, -0.2) is 9.97 Å². The van der Waals surface area contributed by atoms with Crippen molar-refractivity contribution in [3.05, 3.63) is 17.5 Å². The first-order valence-corrected chi connectivity index (χ1v) is 8.93. The summed E-state index contributed by atoms with van der Waals surface area (Å²) in [6.07, 6.45) is 4.84. The van der Waals surface area contributed by atoms with E-state index in [2.05, 4.69) is 28.7 Å². The zero-order chi connectivity index (χ0) is 16.4. The van der Waals surface area contributed by atoms with Gasteiger partial charge in [-0.15, -0.1) is 0 Å². The predicted molar refractivity (Wildman–Crippen MR) is 91.7 cm³/mol. The maximum atomic E-state index is 12.9. The molecule has 1 amide bonds. The molecule has 5 nitrogen and oxygen atoms in total. The van der Waals surface area contributed by atoms with Crippen LogP contribution in [0.2, 0.25) is 0 Å². The zero-order valence-electron chi connectivity index (χ0n) is 14.6. The number of anilines is 1. The monoisotopic (exact) mass is 316 g/mol. The Hall–Kier alpha value is -1.65. The number of hydrogen-bond acceptors (Lipinski definition) is 4. The lowest BCUT2D eigenvalue weighted by atomic mass is 9.92. The minimum atomic E-state index is 0.0622. The fourth-order valence-corrected chi connectivity index (χ4v) is 3.89. The van der Waals surface area contributed by atoms with Gasteiger partial charge in [0.1, 0.15) is 5.69 Å². The molecule has 2 atom stereocenters. The molecule has 0 bridgehead atoms. The molecule has 0 aliphatic carbocycles. The van der Waals surface area contributed by atoms with Crippen molar-refractivity contribution in [3.8, 4) is 0 Å². The van der Waals surface area contributed by atoms with E-state index in [1.807, 2.05) is 17.9 Å². The predicted octanol–water partition coefficient (Wildman–Crippen LogP) is 2.89. The van der Waals surface area contributed by atoms with E-state index < -0.39 is 0 Å². The van der Waals surface area contributed by atoms with E-state index in [0.717, 1.165) is 37.8 Å². The topological polar surface area (TPSA) is 49.3 Å². The number of rotatable bonds is 2. The summed E-state index contributed by atoms with van der Waals surface area (Å²) in [7, 11) is 0. The molecule has 2 aliphatic rings. The fraction of sp³-hybridized carbons (Fsp3) is 0.722. The van der Waals surface area contributed by atoms with Crippen LogP contribution in [0.15, 0.2) is 6.07 Å². The van der Waals surface area contributed by atoms with E-state index in [4.69, 9.17) is 0 Å². The molecule has 2 aliphatic heterocycles. The van der Waals surface area contributed by atoms with Crippen LogP contribution in [-0.2, 0) is 0 Å². The molecule has 5 heteroatoms. The first-order chi connectivity index (χ1) is 11.0. The first-order valence-electron chi connectivity index (χ1n) is 8.93. The lowest BCUT2D eigenvalue weighted by Gasteiger charge is -2.35. The molecule has 3 heterocycles. The summed E-state index contributed by atoms with van der Waals surface area (Å²) < 4.78 is 0. The molecule has 0 N–H and O–H groups in total. The van der Waals surface area contributed by atoms with E-state index in [-0.39, 0.29) is 5.91 Å². The molecule has 1 aromatic rings. The average molecular weight is 316 g/mol. The second kappa shape index (κ2) is 6.85. The van der Waals surface area contributed by atoms with Gasteiger partial charge < -0.3 is 9.80 Å². The molecular weight excluding hydrogens is 288 g/mol. The largest absolute Gasteiger partial charge is 0.341 e. The SMILES string of the molecule is Cc1cc(C(=O)N2CC(C)CC(C)C2)nc(N2CCCCC2)n1. The Morgan fingerprint density at radius 3 is 2.39 bits per heavy atom. The van der Waals surface area contributed by atoms with Crippen LogP contribution >= 0.6 is 0 Å². The highest BCUT2D eigenvalue weighted by atomic mass is 16.2. The van der Waals surface area contributed by atoms with Crippen molar-refractivity contribution in [3.63, 3.8) is 0 Å². The lowest BCUT2D eigenvalue weighted by Crippen LogP contribution is -2.43. The van der Waals surface area contributed by atoms with Gasteiger partial charge in [-0.05, 0) is 50.5 Å². The molecule has 2 fully saturated rings. The smallest absolute Gasteiger partial charge is 0.272 e. The Morgan fingerprint density at radius 2 is 1.74 bits per heavy atom. The third-order valence-corrected chi connectivity index (χ3v) is 4.86.